The van der Waals surface area contributed by atoms with Crippen molar-refractivity contribution in [1.29, 1.82) is 0 Å². The Balaban J connectivity index is 2.30. The molecular formula is C22H22O6. The van der Waals surface area contributed by atoms with Crippen LogP contribution in [-0.4, -0.2) is 16.2 Å². The van der Waals surface area contributed by atoms with Crippen molar-refractivity contribution in [2.45, 2.75) is 33.8 Å². The number of hydrogen-bond donors (Lipinski definition) is 2. The van der Waals surface area contributed by atoms with Gasteiger partial charge in [0.1, 0.15) is 17.9 Å². The highest BCUT2D eigenvalue weighted by Crippen LogP contribution is 2.38. The van der Waals surface area contributed by atoms with Crippen LogP contribution >= 0.6 is 0 Å². The van der Waals surface area contributed by atoms with Gasteiger partial charge in [-0.3, -0.25) is 0 Å². The average molecular weight is 382 g/mol. The van der Waals surface area contributed by atoms with Crippen LogP contribution in [0.25, 0.3) is 11.0 Å². The van der Waals surface area contributed by atoms with Crippen LogP contribution in [0.5, 0.6) is 11.5 Å². The summed E-state index contributed by atoms with van der Waals surface area (Å²) < 4.78 is 11.2. The van der Waals surface area contributed by atoms with Crippen molar-refractivity contribution in [2.75, 3.05) is 0 Å². The van der Waals surface area contributed by atoms with Crippen molar-refractivity contribution in [3.63, 3.8) is 0 Å². The molecule has 0 spiro atoms. The summed E-state index contributed by atoms with van der Waals surface area (Å²) in [5.74, 6) is -1.22. The van der Waals surface area contributed by atoms with E-state index in [0.717, 1.165) is 5.56 Å². The lowest BCUT2D eigenvalue weighted by Gasteiger charge is -2.17. The maximum atomic E-state index is 12.4. The van der Waals surface area contributed by atoms with Gasteiger partial charge in [-0.25, -0.2) is 9.59 Å². The van der Waals surface area contributed by atoms with Gasteiger partial charge in [0.15, 0.2) is 11.3 Å². The normalized spacial score (nSPS) is 11.1. The molecule has 6 heteroatoms. The summed E-state index contributed by atoms with van der Waals surface area (Å²) in [6, 6.07) is 10.8. The van der Waals surface area contributed by atoms with E-state index < -0.39 is 17.2 Å². The van der Waals surface area contributed by atoms with E-state index in [9.17, 15) is 19.8 Å². The van der Waals surface area contributed by atoms with Crippen LogP contribution in [0.1, 0.15) is 40.9 Å². The summed E-state index contributed by atoms with van der Waals surface area (Å²) >= 11 is 0. The largest absolute Gasteiger partial charge is 0.508 e. The highest BCUT2D eigenvalue weighted by molar-refractivity contribution is 6.00. The Morgan fingerprint density at radius 3 is 2.50 bits per heavy atom. The Labute approximate surface area is 162 Å². The van der Waals surface area contributed by atoms with Crippen LogP contribution in [0.15, 0.2) is 45.6 Å². The van der Waals surface area contributed by atoms with Crippen molar-refractivity contribution in [1.82, 2.24) is 0 Å². The van der Waals surface area contributed by atoms with Gasteiger partial charge in [0.05, 0.1) is 5.39 Å². The molecule has 0 saturated heterocycles. The summed E-state index contributed by atoms with van der Waals surface area (Å²) in [5, 5.41) is 20.3. The molecule has 0 aliphatic heterocycles. The molecule has 2 N–H and O–H groups in total. The molecule has 0 aliphatic rings. The molecule has 0 atom stereocenters. The van der Waals surface area contributed by atoms with E-state index in [4.69, 9.17) is 9.15 Å². The Bertz CT molecular complexity index is 1080. The highest BCUT2D eigenvalue weighted by atomic mass is 16.5. The molecule has 28 heavy (non-hydrogen) atoms. The SMILES string of the molecule is Cc1c(O)cc(CC(C)C)c2c(OCc3ccccc3)c(C(=O)O)c(=O)oc12. The topological polar surface area (TPSA) is 97.0 Å². The number of rotatable bonds is 6. The third-order valence-electron chi connectivity index (χ3n) is 4.50. The van der Waals surface area contributed by atoms with Crippen LogP contribution in [0.4, 0.5) is 0 Å². The minimum atomic E-state index is -1.42. The third kappa shape index (κ3) is 3.71. The van der Waals surface area contributed by atoms with Crippen LogP contribution in [-0.2, 0) is 13.0 Å². The lowest BCUT2D eigenvalue weighted by molar-refractivity contribution is 0.0687. The number of carboxylic acid groups (broad SMARTS) is 1. The number of carbonyl (C=O) groups is 1. The van der Waals surface area contributed by atoms with E-state index in [0.29, 0.717) is 22.9 Å². The molecule has 1 aromatic heterocycles. The Morgan fingerprint density at radius 1 is 1.21 bits per heavy atom. The molecule has 0 fully saturated rings. The maximum absolute atomic E-state index is 12.4. The van der Waals surface area contributed by atoms with E-state index >= 15 is 0 Å². The molecule has 0 radical (unpaired) electrons. The fraction of sp³-hybridized carbons (Fsp3) is 0.273. The first-order chi connectivity index (χ1) is 13.3. The van der Waals surface area contributed by atoms with Gasteiger partial charge in [-0.05, 0) is 36.5 Å². The number of ether oxygens (including phenoxy) is 1. The second kappa shape index (κ2) is 7.76. The number of fused-ring (bicyclic) bond motifs is 1. The number of aromatic carboxylic acids is 1. The molecular weight excluding hydrogens is 360 g/mol. The van der Waals surface area contributed by atoms with E-state index in [2.05, 4.69) is 0 Å². The molecule has 3 rings (SSSR count). The van der Waals surface area contributed by atoms with Gasteiger partial charge in [0, 0.05) is 5.56 Å². The quantitative estimate of drug-likeness (QED) is 0.618. The van der Waals surface area contributed by atoms with Gasteiger partial charge < -0.3 is 19.4 Å². The van der Waals surface area contributed by atoms with Crippen LogP contribution < -0.4 is 10.4 Å². The summed E-state index contributed by atoms with van der Waals surface area (Å²) in [5.41, 5.74) is 0.462. The smallest absolute Gasteiger partial charge is 0.354 e. The standard InChI is InChI=1S/C22H22O6/c1-12(2)9-15-10-16(23)13(3)19-17(15)20(18(21(24)25)22(26)28-19)27-11-14-7-5-4-6-8-14/h4-8,10,12,23H,9,11H2,1-3H3,(H,24,25). The summed E-state index contributed by atoms with van der Waals surface area (Å²) in [6.45, 7) is 5.72. The molecule has 1 heterocycles. The average Bonchev–Trinajstić information content (AvgIpc) is 2.63. The van der Waals surface area contributed by atoms with Gasteiger partial charge in [0.25, 0.3) is 0 Å². The number of benzene rings is 2. The van der Waals surface area contributed by atoms with Gasteiger partial charge >= 0.3 is 11.6 Å². The highest BCUT2D eigenvalue weighted by Gasteiger charge is 2.26. The van der Waals surface area contributed by atoms with Gasteiger partial charge in [-0.15, -0.1) is 0 Å². The Kier molecular flexibility index (Phi) is 5.40. The number of aromatic hydroxyl groups is 1. The first-order valence-corrected chi connectivity index (χ1v) is 9.01. The first kappa shape index (κ1) is 19.5. The number of phenols is 1. The molecule has 3 aromatic rings. The maximum Gasteiger partial charge on any atom is 0.354 e. The fourth-order valence-electron chi connectivity index (χ4n) is 3.19. The summed E-state index contributed by atoms with van der Waals surface area (Å²) in [4.78, 5) is 24.2. The molecule has 146 valence electrons. The van der Waals surface area contributed by atoms with Crippen molar-refractivity contribution in [3.05, 3.63) is 69.1 Å². The second-order valence-electron chi connectivity index (χ2n) is 7.15. The van der Waals surface area contributed by atoms with E-state index in [1.54, 1.807) is 13.0 Å². The minimum absolute atomic E-state index is 0.0108. The van der Waals surface area contributed by atoms with E-state index in [1.165, 1.54) is 0 Å². The van der Waals surface area contributed by atoms with E-state index in [-0.39, 0.29) is 29.6 Å². The predicted molar refractivity (Wildman–Crippen MR) is 105 cm³/mol. The van der Waals surface area contributed by atoms with Crippen molar-refractivity contribution in [3.8, 4) is 11.5 Å². The molecule has 2 aromatic carbocycles. The van der Waals surface area contributed by atoms with Crippen LogP contribution in [0.3, 0.4) is 0 Å². The lowest BCUT2D eigenvalue weighted by Crippen LogP contribution is -2.17. The molecule has 0 aliphatic carbocycles. The van der Waals surface area contributed by atoms with Gasteiger partial charge in [0.2, 0.25) is 0 Å². The number of carboxylic acids is 1. The third-order valence-corrected chi connectivity index (χ3v) is 4.50. The zero-order valence-corrected chi connectivity index (χ0v) is 16.0. The van der Waals surface area contributed by atoms with Gasteiger partial charge in [-0.2, -0.15) is 0 Å². The minimum Gasteiger partial charge on any atom is -0.508 e. The number of phenolic OH excluding ortho intramolecular Hbond substituents is 1. The van der Waals surface area contributed by atoms with Crippen LogP contribution in [0, 0.1) is 12.8 Å². The summed E-state index contributed by atoms with van der Waals surface area (Å²) in [7, 11) is 0. The Hall–Kier alpha value is -3.28. The lowest BCUT2D eigenvalue weighted by atomic mass is 9.95. The van der Waals surface area contributed by atoms with Crippen LogP contribution in [0.2, 0.25) is 0 Å². The van der Waals surface area contributed by atoms with Crippen molar-refractivity contribution >= 4 is 16.9 Å². The van der Waals surface area contributed by atoms with E-state index in [1.807, 2.05) is 44.2 Å². The molecule has 0 saturated carbocycles. The monoisotopic (exact) mass is 382 g/mol. The molecule has 0 amide bonds. The number of aryl methyl sites for hydroxylation is 1. The second-order valence-corrected chi connectivity index (χ2v) is 7.15. The predicted octanol–water partition coefficient (Wildman–Crippen LogP) is 4.28. The van der Waals surface area contributed by atoms with Crippen molar-refractivity contribution < 1.29 is 24.2 Å². The fourth-order valence-corrected chi connectivity index (χ4v) is 3.19. The number of hydrogen-bond acceptors (Lipinski definition) is 5. The zero-order chi connectivity index (χ0) is 20.4. The summed E-state index contributed by atoms with van der Waals surface area (Å²) in [6.07, 6.45) is 0.554. The van der Waals surface area contributed by atoms with Crippen molar-refractivity contribution in [2.24, 2.45) is 5.92 Å². The van der Waals surface area contributed by atoms with Gasteiger partial charge in [-0.1, -0.05) is 44.2 Å². The molecule has 6 nitrogen and oxygen atoms in total. The first-order valence-electron chi connectivity index (χ1n) is 9.01. The Morgan fingerprint density at radius 2 is 1.89 bits per heavy atom. The molecule has 0 unspecified atom stereocenters. The zero-order valence-electron chi connectivity index (χ0n) is 16.0. The molecule has 0 bridgehead atoms.